The number of carbonyl (C=O) groups is 2. The fourth-order valence-electron chi connectivity index (χ4n) is 5.58. The van der Waals surface area contributed by atoms with Gasteiger partial charge < -0.3 is 9.64 Å². The topological polar surface area (TPSA) is 77.3 Å². The number of rotatable bonds is 3. The van der Waals surface area contributed by atoms with Crippen LogP contribution in [0.3, 0.4) is 0 Å². The average molecular weight is 450 g/mol. The fraction of sp³-hybridized carbons (Fsp3) is 0.259. The second-order valence-corrected chi connectivity index (χ2v) is 9.54. The van der Waals surface area contributed by atoms with Crippen molar-refractivity contribution in [2.45, 2.75) is 30.3 Å². The third-order valence-electron chi connectivity index (χ3n) is 7.60. The second kappa shape index (κ2) is 6.76. The molecule has 2 fully saturated rings. The van der Waals surface area contributed by atoms with Gasteiger partial charge in [0.1, 0.15) is 0 Å². The summed E-state index contributed by atoms with van der Waals surface area (Å²) < 4.78 is 7.68. The Kier molecular flexibility index (Phi) is 3.87. The SMILES string of the molecule is O=C1OC2(CCN(C(=O)C3(c4ccc(-n5cc6ccccc6n5)cc4)CC3)C2)c2ccncc21. The van der Waals surface area contributed by atoms with Crippen LogP contribution in [0.5, 0.6) is 0 Å². The standard InChI is InChI=1S/C27H22N4O3/c32-24-21-15-28-13-9-22(21)27(34-24)12-14-30(17-27)25(33)26(10-11-26)19-5-7-20(8-6-19)31-16-18-3-1-2-4-23(18)29-31/h1-9,13,15-16H,10-12,14,17H2. The van der Waals surface area contributed by atoms with E-state index >= 15 is 0 Å². The number of esters is 1. The van der Waals surface area contributed by atoms with Gasteiger partial charge in [-0.3, -0.25) is 9.78 Å². The van der Waals surface area contributed by atoms with E-state index in [1.54, 1.807) is 12.4 Å². The molecule has 4 heterocycles. The number of benzene rings is 2. The minimum atomic E-state index is -0.743. The number of hydrogen-bond acceptors (Lipinski definition) is 5. The summed E-state index contributed by atoms with van der Waals surface area (Å²) in [7, 11) is 0. The van der Waals surface area contributed by atoms with Crippen LogP contribution < -0.4 is 0 Å². The van der Waals surface area contributed by atoms with E-state index in [1.165, 1.54) is 0 Å². The molecule has 1 saturated carbocycles. The van der Waals surface area contributed by atoms with Gasteiger partial charge in [0.15, 0.2) is 5.60 Å². The molecule has 0 bridgehead atoms. The van der Waals surface area contributed by atoms with Crippen molar-refractivity contribution in [2.75, 3.05) is 13.1 Å². The highest BCUT2D eigenvalue weighted by Gasteiger charge is 2.57. The zero-order valence-electron chi connectivity index (χ0n) is 18.5. The molecule has 2 aromatic heterocycles. The Morgan fingerprint density at radius 3 is 2.62 bits per heavy atom. The Morgan fingerprint density at radius 2 is 1.82 bits per heavy atom. The quantitative estimate of drug-likeness (QED) is 0.445. The van der Waals surface area contributed by atoms with E-state index in [4.69, 9.17) is 4.74 Å². The Labute approximate surface area is 196 Å². The van der Waals surface area contributed by atoms with Crippen molar-refractivity contribution < 1.29 is 14.3 Å². The van der Waals surface area contributed by atoms with Gasteiger partial charge >= 0.3 is 5.97 Å². The highest BCUT2D eigenvalue weighted by Crippen LogP contribution is 2.52. The van der Waals surface area contributed by atoms with Crippen molar-refractivity contribution in [1.29, 1.82) is 0 Å². The molecule has 1 atom stereocenters. The molecule has 0 N–H and O–H groups in total. The van der Waals surface area contributed by atoms with Gasteiger partial charge in [-0.25, -0.2) is 9.48 Å². The third kappa shape index (κ3) is 2.70. The Hall–Kier alpha value is -4.00. The first-order valence-corrected chi connectivity index (χ1v) is 11.6. The number of likely N-dealkylation sites (tertiary alicyclic amines) is 1. The molecule has 3 aliphatic rings. The maximum absolute atomic E-state index is 13.7. The van der Waals surface area contributed by atoms with Crippen LogP contribution >= 0.6 is 0 Å². The second-order valence-electron chi connectivity index (χ2n) is 9.54. The van der Waals surface area contributed by atoms with Crippen LogP contribution in [0.15, 0.2) is 73.2 Å². The number of fused-ring (bicyclic) bond motifs is 3. The van der Waals surface area contributed by atoms with E-state index in [0.717, 1.165) is 40.6 Å². The maximum atomic E-state index is 13.7. The largest absolute Gasteiger partial charge is 0.449 e. The van der Waals surface area contributed by atoms with Crippen molar-refractivity contribution in [2.24, 2.45) is 0 Å². The van der Waals surface area contributed by atoms with E-state index in [1.807, 2.05) is 58.2 Å². The first kappa shape index (κ1) is 19.5. The molecule has 1 spiro atoms. The number of amides is 1. The smallest absolute Gasteiger partial charge is 0.341 e. The van der Waals surface area contributed by atoms with Gasteiger partial charge in [0.2, 0.25) is 5.91 Å². The lowest BCUT2D eigenvalue weighted by Crippen LogP contribution is -2.40. The zero-order valence-corrected chi connectivity index (χ0v) is 18.5. The number of hydrogen-bond donors (Lipinski definition) is 0. The molecule has 7 heteroatoms. The molecule has 7 rings (SSSR count). The van der Waals surface area contributed by atoms with E-state index in [2.05, 4.69) is 22.2 Å². The molecule has 1 aliphatic carbocycles. The molecular formula is C27H22N4O3. The van der Waals surface area contributed by atoms with Crippen LogP contribution in [0.2, 0.25) is 0 Å². The molecule has 0 radical (unpaired) electrons. The number of aromatic nitrogens is 3. The predicted octanol–water partition coefficient (Wildman–Crippen LogP) is 3.75. The first-order valence-electron chi connectivity index (χ1n) is 11.6. The molecule has 2 aromatic carbocycles. The van der Waals surface area contributed by atoms with Gasteiger partial charge in [0, 0.05) is 42.5 Å². The summed E-state index contributed by atoms with van der Waals surface area (Å²) in [5.41, 5.74) is 3.09. The lowest BCUT2D eigenvalue weighted by molar-refractivity contribution is -0.134. The normalized spacial score (nSPS) is 22.2. The molecule has 1 saturated heterocycles. The molecular weight excluding hydrogens is 428 g/mol. The number of pyridine rings is 1. The van der Waals surface area contributed by atoms with Crippen LogP contribution in [0.25, 0.3) is 16.6 Å². The minimum Gasteiger partial charge on any atom is -0.449 e. The van der Waals surface area contributed by atoms with Crippen LogP contribution in [-0.4, -0.2) is 44.6 Å². The van der Waals surface area contributed by atoms with Crippen LogP contribution in [0, 0.1) is 0 Å². The van der Waals surface area contributed by atoms with Gasteiger partial charge in [-0.05, 0) is 42.7 Å². The van der Waals surface area contributed by atoms with Gasteiger partial charge in [-0.2, -0.15) is 5.10 Å². The molecule has 7 nitrogen and oxygen atoms in total. The summed E-state index contributed by atoms with van der Waals surface area (Å²) in [4.78, 5) is 32.0. The zero-order chi connectivity index (χ0) is 22.9. The monoisotopic (exact) mass is 450 g/mol. The summed E-state index contributed by atoms with van der Waals surface area (Å²) >= 11 is 0. The maximum Gasteiger partial charge on any atom is 0.341 e. The molecule has 2 aliphatic heterocycles. The van der Waals surface area contributed by atoms with E-state index in [0.29, 0.717) is 25.1 Å². The fourth-order valence-corrected chi connectivity index (χ4v) is 5.58. The summed E-state index contributed by atoms with van der Waals surface area (Å²) in [6.07, 6.45) is 7.54. The first-order chi connectivity index (χ1) is 16.6. The van der Waals surface area contributed by atoms with Crippen LogP contribution in [-0.2, 0) is 20.5 Å². The van der Waals surface area contributed by atoms with Gasteiger partial charge in [-0.1, -0.05) is 30.3 Å². The van der Waals surface area contributed by atoms with Crippen molar-refractivity contribution in [3.63, 3.8) is 0 Å². The highest BCUT2D eigenvalue weighted by molar-refractivity contribution is 5.95. The number of ether oxygens (including phenoxy) is 1. The summed E-state index contributed by atoms with van der Waals surface area (Å²) in [5.74, 6) is -0.221. The Morgan fingerprint density at radius 1 is 1.00 bits per heavy atom. The minimum absolute atomic E-state index is 0.125. The molecule has 4 aromatic rings. The molecule has 168 valence electrons. The van der Waals surface area contributed by atoms with Crippen LogP contribution in [0.1, 0.15) is 40.7 Å². The lowest BCUT2D eigenvalue weighted by Gasteiger charge is -2.27. The number of nitrogens with zero attached hydrogens (tertiary/aromatic N) is 4. The predicted molar refractivity (Wildman–Crippen MR) is 125 cm³/mol. The summed E-state index contributed by atoms with van der Waals surface area (Å²) in [6.45, 7) is 0.974. The Bertz CT molecular complexity index is 1440. The molecule has 1 amide bonds. The van der Waals surface area contributed by atoms with Crippen molar-refractivity contribution >= 4 is 22.8 Å². The van der Waals surface area contributed by atoms with Gasteiger partial charge in [0.05, 0.1) is 28.7 Å². The van der Waals surface area contributed by atoms with E-state index < -0.39 is 11.0 Å². The van der Waals surface area contributed by atoms with Crippen LogP contribution in [0.4, 0.5) is 0 Å². The molecule has 34 heavy (non-hydrogen) atoms. The summed E-state index contributed by atoms with van der Waals surface area (Å²) in [6, 6.07) is 18.0. The van der Waals surface area contributed by atoms with Crippen molar-refractivity contribution in [1.82, 2.24) is 19.7 Å². The Balaban J connectivity index is 1.14. The number of carbonyl (C=O) groups excluding carboxylic acids is 2. The van der Waals surface area contributed by atoms with E-state index in [9.17, 15) is 9.59 Å². The van der Waals surface area contributed by atoms with Crippen molar-refractivity contribution in [3.05, 3.63) is 89.9 Å². The van der Waals surface area contributed by atoms with Gasteiger partial charge in [0.25, 0.3) is 0 Å². The van der Waals surface area contributed by atoms with Gasteiger partial charge in [-0.15, -0.1) is 0 Å². The average Bonchev–Trinajstić information content (AvgIpc) is 3.26. The lowest BCUT2D eigenvalue weighted by atomic mass is 9.92. The third-order valence-corrected chi connectivity index (χ3v) is 7.60. The highest BCUT2D eigenvalue weighted by atomic mass is 16.6. The van der Waals surface area contributed by atoms with E-state index in [-0.39, 0.29) is 11.9 Å². The van der Waals surface area contributed by atoms with Crippen molar-refractivity contribution in [3.8, 4) is 5.69 Å². The summed E-state index contributed by atoms with van der Waals surface area (Å²) in [5, 5.41) is 5.74. The molecule has 1 unspecified atom stereocenters.